The SMILES string of the molecule is COc1ccc(OC)c(C(C)NC(=O)NCC2COc3ccccc3C2)c1. The van der Waals surface area contributed by atoms with Crippen LogP contribution in [0.4, 0.5) is 4.79 Å². The van der Waals surface area contributed by atoms with Gasteiger partial charge in [-0.1, -0.05) is 18.2 Å². The van der Waals surface area contributed by atoms with E-state index in [2.05, 4.69) is 16.7 Å². The molecule has 0 aliphatic carbocycles. The van der Waals surface area contributed by atoms with Crippen molar-refractivity contribution in [3.63, 3.8) is 0 Å². The second-order valence-electron chi connectivity index (χ2n) is 6.67. The standard InChI is InChI=1S/C21H26N2O4/c1-14(18-11-17(25-2)8-9-20(18)26-3)23-21(24)22-12-15-10-16-6-4-5-7-19(16)27-13-15/h4-9,11,14-15H,10,12-13H2,1-3H3,(H2,22,23,24). The normalized spacial score (nSPS) is 16.5. The number of amides is 2. The number of hydrogen-bond donors (Lipinski definition) is 2. The Kier molecular flexibility index (Phi) is 6.06. The van der Waals surface area contributed by atoms with Crippen LogP contribution in [0.2, 0.25) is 0 Å². The molecule has 2 N–H and O–H groups in total. The molecule has 2 atom stereocenters. The van der Waals surface area contributed by atoms with Gasteiger partial charge < -0.3 is 24.8 Å². The fourth-order valence-corrected chi connectivity index (χ4v) is 3.26. The number of methoxy groups -OCH3 is 2. The second-order valence-corrected chi connectivity index (χ2v) is 6.67. The molecule has 2 aromatic rings. The van der Waals surface area contributed by atoms with E-state index in [1.807, 2.05) is 43.3 Å². The van der Waals surface area contributed by atoms with E-state index >= 15 is 0 Å². The minimum absolute atomic E-state index is 0.216. The van der Waals surface area contributed by atoms with Gasteiger partial charge in [0, 0.05) is 18.0 Å². The number of carbonyl (C=O) groups is 1. The number of nitrogens with one attached hydrogen (secondary N) is 2. The summed E-state index contributed by atoms with van der Waals surface area (Å²) in [5, 5.41) is 5.90. The second kappa shape index (κ2) is 8.66. The van der Waals surface area contributed by atoms with E-state index in [0.717, 1.165) is 23.5 Å². The van der Waals surface area contributed by atoms with E-state index in [0.29, 0.717) is 18.9 Å². The molecule has 144 valence electrons. The molecule has 0 aromatic heterocycles. The lowest BCUT2D eigenvalue weighted by Crippen LogP contribution is -2.41. The molecule has 1 heterocycles. The lowest BCUT2D eigenvalue weighted by atomic mass is 9.97. The Balaban J connectivity index is 1.54. The van der Waals surface area contributed by atoms with E-state index in [4.69, 9.17) is 14.2 Å². The van der Waals surface area contributed by atoms with Gasteiger partial charge >= 0.3 is 6.03 Å². The number of hydrogen-bond acceptors (Lipinski definition) is 4. The van der Waals surface area contributed by atoms with Gasteiger partial charge in [0.1, 0.15) is 17.2 Å². The number of urea groups is 1. The van der Waals surface area contributed by atoms with Crippen molar-refractivity contribution in [2.45, 2.75) is 19.4 Å². The van der Waals surface area contributed by atoms with Gasteiger partial charge in [0.05, 0.1) is 26.9 Å². The molecule has 2 unspecified atom stereocenters. The predicted molar refractivity (Wildman–Crippen MR) is 104 cm³/mol. The van der Waals surface area contributed by atoms with Crippen LogP contribution >= 0.6 is 0 Å². The maximum Gasteiger partial charge on any atom is 0.315 e. The summed E-state index contributed by atoms with van der Waals surface area (Å²) in [7, 11) is 3.22. The van der Waals surface area contributed by atoms with Crippen LogP contribution in [0.5, 0.6) is 17.2 Å². The average molecular weight is 370 g/mol. The fraction of sp³-hybridized carbons (Fsp3) is 0.381. The Hall–Kier alpha value is -2.89. The minimum Gasteiger partial charge on any atom is -0.497 e. The molecule has 0 radical (unpaired) electrons. The van der Waals surface area contributed by atoms with Gasteiger partial charge in [-0.15, -0.1) is 0 Å². The molecule has 2 aromatic carbocycles. The summed E-state index contributed by atoms with van der Waals surface area (Å²) in [5.74, 6) is 2.63. The number of para-hydroxylation sites is 1. The topological polar surface area (TPSA) is 68.8 Å². The van der Waals surface area contributed by atoms with E-state index in [-0.39, 0.29) is 18.0 Å². The molecule has 0 spiro atoms. The van der Waals surface area contributed by atoms with E-state index in [1.54, 1.807) is 14.2 Å². The van der Waals surface area contributed by atoms with Crippen LogP contribution in [0.25, 0.3) is 0 Å². The van der Waals surface area contributed by atoms with Crippen LogP contribution in [0.15, 0.2) is 42.5 Å². The lowest BCUT2D eigenvalue weighted by Gasteiger charge is -2.26. The first-order chi connectivity index (χ1) is 13.1. The average Bonchev–Trinajstić information content (AvgIpc) is 2.71. The summed E-state index contributed by atoms with van der Waals surface area (Å²) in [4.78, 5) is 12.3. The van der Waals surface area contributed by atoms with Crippen molar-refractivity contribution in [3.8, 4) is 17.2 Å². The molecule has 6 heteroatoms. The molecule has 1 aliphatic rings. The first-order valence-corrected chi connectivity index (χ1v) is 9.07. The van der Waals surface area contributed by atoms with Gasteiger partial charge in [0.2, 0.25) is 0 Å². The third kappa shape index (κ3) is 4.64. The summed E-state index contributed by atoms with van der Waals surface area (Å²) in [6.07, 6.45) is 0.899. The molecule has 0 fully saturated rings. The molecule has 6 nitrogen and oxygen atoms in total. The van der Waals surface area contributed by atoms with Gasteiger partial charge in [0.25, 0.3) is 0 Å². The van der Waals surface area contributed by atoms with Crippen molar-refractivity contribution in [2.24, 2.45) is 5.92 Å². The smallest absolute Gasteiger partial charge is 0.315 e. The van der Waals surface area contributed by atoms with Crippen molar-refractivity contribution in [2.75, 3.05) is 27.4 Å². The van der Waals surface area contributed by atoms with Gasteiger partial charge in [-0.3, -0.25) is 0 Å². The number of benzene rings is 2. The highest BCUT2D eigenvalue weighted by atomic mass is 16.5. The van der Waals surface area contributed by atoms with Crippen LogP contribution in [0.1, 0.15) is 24.1 Å². The zero-order chi connectivity index (χ0) is 19.2. The zero-order valence-corrected chi connectivity index (χ0v) is 16.0. The fourth-order valence-electron chi connectivity index (χ4n) is 3.26. The first kappa shape index (κ1) is 18.9. The third-order valence-corrected chi connectivity index (χ3v) is 4.76. The van der Waals surface area contributed by atoms with Crippen molar-refractivity contribution in [1.82, 2.24) is 10.6 Å². The molecule has 3 rings (SSSR count). The van der Waals surface area contributed by atoms with Gasteiger partial charge in [0.15, 0.2) is 0 Å². The third-order valence-electron chi connectivity index (χ3n) is 4.76. The Morgan fingerprint density at radius 3 is 2.81 bits per heavy atom. The van der Waals surface area contributed by atoms with E-state index in [1.165, 1.54) is 5.56 Å². The Bertz CT molecular complexity index is 794. The van der Waals surface area contributed by atoms with Gasteiger partial charge in [-0.25, -0.2) is 4.79 Å². The van der Waals surface area contributed by atoms with Crippen LogP contribution in [0, 0.1) is 5.92 Å². The summed E-state index contributed by atoms with van der Waals surface area (Å²) in [6.45, 7) is 3.08. The molecule has 0 saturated heterocycles. The summed E-state index contributed by atoms with van der Waals surface area (Å²) in [5.41, 5.74) is 2.05. The van der Waals surface area contributed by atoms with Crippen LogP contribution in [0.3, 0.4) is 0 Å². The van der Waals surface area contributed by atoms with Crippen LogP contribution in [-0.2, 0) is 6.42 Å². The van der Waals surface area contributed by atoms with Gasteiger partial charge in [-0.2, -0.15) is 0 Å². The molecule has 1 aliphatic heterocycles. The summed E-state index contributed by atoms with van der Waals surface area (Å²) >= 11 is 0. The summed E-state index contributed by atoms with van der Waals surface area (Å²) in [6, 6.07) is 13.1. The number of ether oxygens (including phenoxy) is 3. The number of fused-ring (bicyclic) bond motifs is 1. The highest BCUT2D eigenvalue weighted by Gasteiger charge is 2.21. The maximum absolute atomic E-state index is 12.3. The predicted octanol–water partition coefficient (Wildman–Crippen LogP) is 3.32. The number of rotatable bonds is 6. The van der Waals surface area contributed by atoms with Crippen LogP contribution < -0.4 is 24.8 Å². The number of carbonyl (C=O) groups excluding carboxylic acids is 1. The zero-order valence-electron chi connectivity index (χ0n) is 16.0. The Labute approximate surface area is 159 Å². The van der Waals surface area contributed by atoms with Crippen molar-refractivity contribution in [1.29, 1.82) is 0 Å². The van der Waals surface area contributed by atoms with Gasteiger partial charge in [-0.05, 0) is 43.2 Å². The molecule has 0 saturated carbocycles. The molecule has 27 heavy (non-hydrogen) atoms. The maximum atomic E-state index is 12.3. The monoisotopic (exact) mass is 370 g/mol. The Morgan fingerprint density at radius 2 is 2.04 bits per heavy atom. The lowest BCUT2D eigenvalue weighted by molar-refractivity contribution is 0.210. The van der Waals surface area contributed by atoms with E-state index in [9.17, 15) is 4.79 Å². The quantitative estimate of drug-likeness (QED) is 0.819. The van der Waals surface area contributed by atoms with Crippen LogP contribution in [-0.4, -0.2) is 33.4 Å². The van der Waals surface area contributed by atoms with Crippen molar-refractivity contribution < 1.29 is 19.0 Å². The van der Waals surface area contributed by atoms with E-state index < -0.39 is 0 Å². The van der Waals surface area contributed by atoms with Crippen molar-refractivity contribution >= 4 is 6.03 Å². The minimum atomic E-state index is -0.224. The molecule has 0 bridgehead atoms. The first-order valence-electron chi connectivity index (χ1n) is 9.07. The largest absolute Gasteiger partial charge is 0.497 e. The molecular formula is C21H26N2O4. The van der Waals surface area contributed by atoms with Crippen molar-refractivity contribution in [3.05, 3.63) is 53.6 Å². The Morgan fingerprint density at radius 1 is 1.22 bits per heavy atom. The highest BCUT2D eigenvalue weighted by molar-refractivity contribution is 5.74. The molecule has 2 amide bonds. The highest BCUT2D eigenvalue weighted by Crippen LogP contribution is 2.29. The summed E-state index contributed by atoms with van der Waals surface area (Å²) < 4.78 is 16.4. The molecular weight excluding hydrogens is 344 g/mol.